The minimum Gasteiger partial charge on any atom is -0.496 e. The standard InChI is InChI=1S/C26H24O4/c1-27-23-5-6-24(28-2)20-12-16-10-18-14-22-21(25(29-3)7-8-26(22)30-4)13-17(18)9-15(16)11-19(20)23/h5-8,11-14H,9-10H2,1-4H3. The van der Waals surface area contributed by atoms with Gasteiger partial charge in [-0.05, 0) is 83.6 Å². The molecule has 152 valence electrons. The van der Waals surface area contributed by atoms with Crippen molar-refractivity contribution >= 4 is 21.5 Å². The van der Waals surface area contributed by atoms with Gasteiger partial charge in [0.2, 0.25) is 0 Å². The van der Waals surface area contributed by atoms with Crippen LogP contribution in [0, 0.1) is 0 Å². The number of methoxy groups -OCH3 is 4. The van der Waals surface area contributed by atoms with E-state index in [4.69, 9.17) is 18.9 Å². The summed E-state index contributed by atoms with van der Waals surface area (Å²) in [6, 6.07) is 16.9. The van der Waals surface area contributed by atoms with Crippen molar-refractivity contribution < 1.29 is 18.9 Å². The van der Waals surface area contributed by atoms with Crippen LogP contribution < -0.4 is 18.9 Å². The molecule has 1 aliphatic rings. The van der Waals surface area contributed by atoms with Crippen molar-refractivity contribution in [1.29, 1.82) is 0 Å². The van der Waals surface area contributed by atoms with E-state index < -0.39 is 0 Å². The number of benzene rings is 4. The largest absolute Gasteiger partial charge is 0.496 e. The molecule has 0 fully saturated rings. The van der Waals surface area contributed by atoms with Gasteiger partial charge in [0.15, 0.2) is 0 Å². The predicted molar refractivity (Wildman–Crippen MR) is 120 cm³/mol. The van der Waals surface area contributed by atoms with E-state index in [-0.39, 0.29) is 0 Å². The third-order valence-electron chi connectivity index (χ3n) is 6.15. The van der Waals surface area contributed by atoms with Crippen molar-refractivity contribution in [1.82, 2.24) is 0 Å². The minimum absolute atomic E-state index is 0.865. The lowest BCUT2D eigenvalue weighted by molar-refractivity contribution is 0.410. The van der Waals surface area contributed by atoms with Gasteiger partial charge in [0.25, 0.3) is 0 Å². The fourth-order valence-electron chi connectivity index (χ4n) is 4.64. The molecule has 0 saturated heterocycles. The second-order valence-corrected chi connectivity index (χ2v) is 7.63. The second kappa shape index (κ2) is 7.13. The van der Waals surface area contributed by atoms with E-state index in [0.717, 1.165) is 57.4 Å². The van der Waals surface area contributed by atoms with E-state index in [1.807, 2.05) is 24.3 Å². The summed E-state index contributed by atoms with van der Waals surface area (Å²) in [7, 11) is 6.84. The molecular weight excluding hydrogens is 376 g/mol. The highest BCUT2D eigenvalue weighted by atomic mass is 16.5. The molecule has 0 aromatic heterocycles. The van der Waals surface area contributed by atoms with Gasteiger partial charge in [-0.15, -0.1) is 0 Å². The van der Waals surface area contributed by atoms with Crippen LogP contribution in [0.3, 0.4) is 0 Å². The lowest BCUT2D eigenvalue weighted by atomic mass is 9.83. The zero-order chi connectivity index (χ0) is 20.8. The fourth-order valence-corrected chi connectivity index (χ4v) is 4.64. The van der Waals surface area contributed by atoms with E-state index in [0.29, 0.717) is 0 Å². The van der Waals surface area contributed by atoms with Gasteiger partial charge in [-0.3, -0.25) is 0 Å². The highest BCUT2D eigenvalue weighted by Gasteiger charge is 2.21. The molecule has 0 aliphatic heterocycles. The van der Waals surface area contributed by atoms with Crippen molar-refractivity contribution in [3.8, 4) is 23.0 Å². The number of ether oxygens (including phenoxy) is 4. The maximum atomic E-state index is 5.61. The number of rotatable bonds is 4. The first-order valence-electron chi connectivity index (χ1n) is 9.99. The molecule has 30 heavy (non-hydrogen) atoms. The van der Waals surface area contributed by atoms with E-state index in [9.17, 15) is 0 Å². The van der Waals surface area contributed by atoms with Gasteiger partial charge < -0.3 is 18.9 Å². The van der Waals surface area contributed by atoms with E-state index in [1.54, 1.807) is 28.4 Å². The molecule has 0 atom stereocenters. The maximum absolute atomic E-state index is 5.61. The highest BCUT2D eigenvalue weighted by Crippen LogP contribution is 2.41. The molecule has 0 N–H and O–H groups in total. The smallest absolute Gasteiger partial charge is 0.126 e. The fraction of sp³-hybridized carbons (Fsp3) is 0.231. The van der Waals surface area contributed by atoms with Crippen molar-refractivity contribution in [2.24, 2.45) is 0 Å². The molecule has 4 aromatic carbocycles. The molecule has 0 saturated carbocycles. The van der Waals surface area contributed by atoms with Crippen LogP contribution in [0.25, 0.3) is 21.5 Å². The topological polar surface area (TPSA) is 36.9 Å². The average Bonchev–Trinajstić information content (AvgIpc) is 2.78. The van der Waals surface area contributed by atoms with Gasteiger partial charge in [0.05, 0.1) is 28.4 Å². The summed E-state index contributed by atoms with van der Waals surface area (Å²) >= 11 is 0. The molecule has 1 aliphatic carbocycles. The minimum atomic E-state index is 0.865. The summed E-state index contributed by atoms with van der Waals surface area (Å²) in [6.07, 6.45) is 1.74. The first kappa shape index (κ1) is 18.6. The zero-order valence-corrected chi connectivity index (χ0v) is 17.7. The summed E-state index contributed by atoms with van der Waals surface area (Å²) in [5.74, 6) is 3.46. The molecule has 0 amide bonds. The Balaban J connectivity index is 1.71. The molecule has 0 heterocycles. The van der Waals surface area contributed by atoms with E-state index in [1.165, 1.54) is 22.3 Å². The number of fused-ring (bicyclic) bond motifs is 4. The van der Waals surface area contributed by atoms with Crippen molar-refractivity contribution in [3.63, 3.8) is 0 Å². The molecule has 4 nitrogen and oxygen atoms in total. The second-order valence-electron chi connectivity index (χ2n) is 7.63. The molecule has 5 rings (SSSR count). The van der Waals surface area contributed by atoms with Crippen LogP contribution >= 0.6 is 0 Å². The van der Waals surface area contributed by atoms with Crippen LogP contribution in [0.2, 0.25) is 0 Å². The summed E-state index contributed by atoms with van der Waals surface area (Å²) in [6.45, 7) is 0. The summed E-state index contributed by atoms with van der Waals surface area (Å²) in [5.41, 5.74) is 5.29. The van der Waals surface area contributed by atoms with Crippen LogP contribution in [-0.2, 0) is 12.8 Å². The van der Waals surface area contributed by atoms with Gasteiger partial charge >= 0.3 is 0 Å². The van der Waals surface area contributed by atoms with Crippen LogP contribution in [0.1, 0.15) is 22.3 Å². The summed E-state index contributed by atoms with van der Waals surface area (Å²) in [5, 5.41) is 4.33. The predicted octanol–water partition coefficient (Wildman–Crippen LogP) is 5.52. The number of hydrogen-bond acceptors (Lipinski definition) is 4. The Kier molecular flexibility index (Phi) is 4.43. The molecular formula is C26H24O4. The van der Waals surface area contributed by atoms with Gasteiger partial charge in [-0.2, -0.15) is 0 Å². The quantitative estimate of drug-likeness (QED) is 0.398. The Labute approximate surface area is 175 Å². The monoisotopic (exact) mass is 400 g/mol. The molecule has 0 bridgehead atoms. The molecule has 0 unspecified atom stereocenters. The van der Waals surface area contributed by atoms with Gasteiger partial charge in [-0.1, -0.05) is 0 Å². The number of hydrogen-bond donors (Lipinski definition) is 0. The first-order valence-corrected chi connectivity index (χ1v) is 9.99. The lowest BCUT2D eigenvalue weighted by Crippen LogP contribution is -2.08. The first-order chi connectivity index (χ1) is 14.7. The molecule has 0 spiro atoms. The lowest BCUT2D eigenvalue weighted by Gasteiger charge is -2.23. The van der Waals surface area contributed by atoms with E-state index in [2.05, 4.69) is 24.3 Å². The molecule has 0 radical (unpaired) electrons. The summed E-state index contributed by atoms with van der Waals surface area (Å²) in [4.78, 5) is 0. The Morgan fingerprint density at radius 1 is 0.433 bits per heavy atom. The normalized spacial score (nSPS) is 12.4. The van der Waals surface area contributed by atoms with Gasteiger partial charge in [0.1, 0.15) is 23.0 Å². The van der Waals surface area contributed by atoms with E-state index >= 15 is 0 Å². The van der Waals surface area contributed by atoms with Gasteiger partial charge in [0, 0.05) is 21.5 Å². The van der Waals surface area contributed by atoms with Crippen LogP contribution in [0.15, 0.2) is 48.5 Å². The molecule has 4 heteroatoms. The third kappa shape index (κ3) is 2.75. The zero-order valence-electron chi connectivity index (χ0n) is 17.7. The molecule has 4 aromatic rings. The highest BCUT2D eigenvalue weighted by molar-refractivity contribution is 5.96. The Morgan fingerprint density at radius 3 is 0.867 bits per heavy atom. The Bertz CT molecular complexity index is 1090. The SMILES string of the molecule is COc1ccc(OC)c2cc3c(cc12)Cc1cc2c(OC)ccc(OC)c2cc1C3. The van der Waals surface area contributed by atoms with Crippen LogP contribution in [-0.4, -0.2) is 28.4 Å². The van der Waals surface area contributed by atoms with Crippen LogP contribution in [0.4, 0.5) is 0 Å². The van der Waals surface area contributed by atoms with Crippen molar-refractivity contribution in [2.75, 3.05) is 28.4 Å². The average molecular weight is 400 g/mol. The van der Waals surface area contributed by atoms with Gasteiger partial charge in [-0.25, -0.2) is 0 Å². The van der Waals surface area contributed by atoms with Crippen LogP contribution in [0.5, 0.6) is 23.0 Å². The maximum Gasteiger partial charge on any atom is 0.126 e. The Hall–Kier alpha value is -3.40. The van der Waals surface area contributed by atoms with Crippen molar-refractivity contribution in [2.45, 2.75) is 12.8 Å². The third-order valence-corrected chi connectivity index (χ3v) is 6.15. The summed E-state index contributed by atoms with van der Waals surface area (Å²) < 4.78 is 22.5. The Morgan fingerprint density at radius 2 is 0.667 bits per heavy atom. The van der Waals surface area contributed by atoms with Crippen molar-refractivity contribution in [3.05, 3.63) is 70.8 Å².